The zero-order valence-electron chi connectivity index (χ0n) is 16.8. The number of benzene rings is 1. The van der Waals surface area contributed by atoms with Gasteiger partial charge in [-0.25, -0.2) is 8.42 Å². The Labute approximate surface area is 182 Å². The van der Waals surface area contributed by atoms with E-state index in [2.05, 4.69) is 4.98 Å². The van der Waals surface area contributed by atoms with E-state index >= 15 is 0 Å². The second-order valence-electron chi connectivity index (χ2n) is 7.70. The first kappa shape index (κ1) is 22.4. The van der Waals surface area contributed by atoms with Gasteiger partial charge in [0.1, 0.15) is 10.6 Å². The summed E-state index contributed by atoms with van der Waals surface area (Å²) in [6.07, 6.45) is -3.94. The SMILES string of the molecule is O=C([C@H](CO)c1ccccc1)N1CC2=C(C1)CN(S(=O)(=O)c1ccc(C(F)(F)F)nc1)C2. The van der Waals surface area contributed by atoms with Gasteiger partial charge in [-0.15, -0.1) is 0 Å². The van der Waals surface area contributed by atoms with Gasteiger partial charge in [0.05, 0.1) is 12.5 Å². The highest BCUT2D eigenvalue weighted by Gasteiger charge is 2.39. The molecule has 0 bridgehead atoms. The molecule has 0 saturated heterocycles. The molecule has 0 saturated carbocycles. The third-order valence-corrected chi connectivity index (χ3v) is 7.43. The molecule has 1 aromatic carbocycles. The average Bonchev–Trinajstić information content (AvgIpc) is 3.34. The number of hydrogen-bond acceptors (Lipinski definition) is 5. The quantitative estimate of drug-likeness (QED) is 0.680. The van der Waals surface area contributed by atoms with Crippen LogP contribution in [0, 0.1) is 0 Å². The number of nitrogens with zero attached hydrogens (tertiary/aromatic N) is 3. The van der Waals surface area contributed by atoms with E-state index in [1.807, 2.05) is 6.07 Å². The minimum atomic E-state index is -4.65. The van der Waals surface area contributed by atoms with Gasteiger partial charge >= 0.3 is 6.18 Å². The number of hydrogen-bond donors (Lipinski definition) is 1. The summed E-state index contributed by atoms with van der Waals surface area (Å²) < 4.78 is 64.9. The minimum absolute atomic E-state index is 0.0532. The second-order valence-corrected chi connectivity index (χ2v) is 9.64. The van der Waals surface area contributed by atoms with Crippen molar-refractivity contribution >= 4 is 15.9 Å². The molecular formula is C21H20F3N3O4S. The molecule has 4 rings (SSSR count). The number of halogens is 3. The zero-order chi connectivity index (χ0) is 23.1. The van der Waals surface area contributed by atoms with Crippen LogP contribution >= 0.6 is 0 Å². The maximum Gasteiger partial charge on any atom is 0.433 e. The van der Waals surface area contributed by atoms with Gasteiger partial charge in [0, 0.05) is 32.4 Å². The van der Waals surface area contributed by atoms with E-state index in [0.717, 1.165) is 17.2 Å². The third kappa shape index (κ3) is 4.15. The molecule has 2 aliphatic rings. The predicted molar refractivity (Wildman–Crippen MR) is 108 cm³/mol. The van der Waals surface area contributed by atoms with E-state index in [0.29, 0.717) is 17.8 Å². The number of pyridine rings is 1. The molecule has 0 fully saturated rings. The lowest BCUT2D eigenvalue weighted by Gasteiger charge is -2.26. The molecule has 1 aromatic heterocycles. The van der Waals surface area contributed by atoms with Gasteiger partial charge in [0.2, 0.25) is 15.9 Å². The lowest BCUT2D eigenvalue weighted by atomic mass is 9.98. The molecule has 0 aliphatic carbocycles. The van der Waals surface area contributed by atoms with Crippen molar-refractivity contribution in [1.82, 2.24) is 14.2 Å². The summed E-state index contributed by atoms with van der Waals surface area (Å²) in [5.74, 6) is -0.941. The van der Waals surface area contributed by atoms with Crippen molar-refractivity contribution in [2.24, 2.45) is 0 Å². The number of rotatable bonds is 5. The van der Waals surface area contributed by atoms with Crippen molar-refractivity contribution in [3.8, 4) is 0 Å². The molecule has 170 valence electrons. The standard InChI is InChI=1S/C21H20F3N3O4S/c22-21(23,24)19-7-6-17(8-25-19)32(30,31)27-11-15-9-26(10-16(15)12-27)20(29)18(13-28)14-4-2-1-3-5-14/h1-8,18,28H,9-13H2/t18-/m1/s1. The summed E-state index contributed by atoms with van der Waals surface area (Å²) in [6, 6.07) is 10.5. The Bertz CT molecular complexity index is 1130. The maximum absolute atomic E-state index is 12.9. The molecule has 1 N–H and O–H groups in total. The number of alkyl halides is 3. The summed E-state index contributed by atoms with van der Waals surface area (Å²) in [6.45, 7) is 0.254. The Hall–Kier alpha value is -2.76. The largest absolute Gasteiger partial charge is 0.433 e. The van der Waals surface area contributed by atoms with Crippen LogP contribution in [0.25, 0.3) is 0 Å². The molecular weight excluding hydrogens is 447 g/mol. The molecule has 1 atom stereocenters. The first-order valence-electron chi connectivity index (χ1n) is 9.79. The zero-order valence-corrected chi connectivity index (χ0v) is 17.6. The van der Waals surface area contributed by atoms with Crippen LogP contribution in [-0.4, -0.2) is 66.4 Å². The van der Waals surface area contributed by atoms with Gasteiger partial charge in [-0.1, -0.05) is 30.3 Å². The molecule has 1 amide bonds. The van der Waals surface area contributed by atoms with Gasteiger partial charge in [-0.05, 0) is 28.8 Å². The van der Waals surface area contributed by atoms with Gasteiger partial charge < -0.3 is 10.0 Å². The molecule has 0 spiro atoms. The van der Waals surface area contributed by atoms with Gasteiger partial charge in [0.15, 0.2) is 0 Å². The molecule has 2 aliphatic heterocycles. The third-order valence-electron chi connectivity index (χ3n) is 5.66. The van der Waals surface area contributed by atoms with Gasteiger partial charge in [-0.2, -0.15) is 17.5 Å². The Morgan fingerprint density at radius 3 is 2.16 bits per heavy atom. The fourth-order valence-electron chi connectivity index (χ4n) is 3.95. The summed E-state index contributed by atoms with van der Waals surface area (Å²) in [7, 11) is -4.03. The highest BCUT2D eigenvalue weighted by molar-refractivity contribution is 7.89. The number of aliphatic hydroxyl groups excluding tert-OH is 1. The van der Waals surface area contributed by atoms with E-state index < -0.39 is 27.8 Å². The Kier molecular flexibility index (Phi) is 5.82. The van der Waals surface area contributed by atoms with Gasteiger partial charge in [0.25, 0.3) is 0 Å². The smallest absolute Gasteiger partial charge is 0.395 e. The first-order chi connectivity index (χ1) is 15.1. The fraction of sp³-hybridized carbons (Fsp3) is 0.333. The first-order valence-corrected chi connectivity index (χ1v) is 11.2. The van der Waals surface area contributed by atoms with E-state index in [9.17, 15) is 31.5 Å². The van der Waals surface area contributed by atoms with Crippen LogP contribution in [0.15, 0.2) is 64.7 Å². The Morgan fingerprint density at radius 2 is 1.66 bits per heavy atom. The van der Waals surface area contributed by atoms with Crippen molar-refractivity contribution in [2.45, 2.75) is 17.0 Å². The van der Waals surface area contributed by atoms with Crippen molar-refractivity contribution in [3.63, 3.8) is 0 Å². The van der Waals surface area contributed by atoms with Crippen molar-refractivity contribution in [1.29, 1.82) is 0 Å². The normalized spacial score (nSPS) is 18.2. The number of amides is 1. The van der Waals surface area contributed by atoms with E-state index in [-0.39, 0.29) is 43.6 Å². The summed E-state index contributed by atoms with van der Waals surface area (Å²) in [5.41, 5.74) is 1.11. The lowest BCUT2D eigenvalue weighted by Crippen LogP contribution is -2.39. The van der Waals surface area contributed by atoms with Crippen LogP contribution < -0.4 is 0 Å². The predicted octanol–water partition coefficient (Wildman–Crippen LogP) is 2.02. The highest BCUT2D eigenvalue weighted by Crippen LogP contribution is 2.32. The average molecular weight is 467 g/mol. The van der Waals surface area contributed by atoms with Crippen LogP contribution in [0.4, 0.5) is 13.2 Å². The summed E-state index contributed by atoms with van der Waals surface area (Å²) >= 11 is 0. The molecule has 7 nitrogen and oxygen atoms in total. The summed E-state index contributed by atoms with van der Waals surface area (Å²) in [4.78, 5) is 17.4. The molecule has 0 radical (unpaired) electrons. The second kappa shape index (κ2) is 8.30. The van der Waals surface area contributed by atoms with Crippen LogP contribution in [0.3, 0.4) is 0 Å². The fourth-order valence-corrected chi connectivity index (χ4v) is 5.33. The Morgan fingerprint density at radius 1 is 1.03 bits per heavy atom. The topological polar surface area (TPSA) is 90.8 Å². The van der Waals surface area contributed by atoms with Crippen LogP contribution in [0.5, 0.6) is 0 Å². The van der Waals surface area contributed by atoms with E-state index in [1.165, 1.54) is 4.31 Å². The molecule has 0 unspecified atom stereocenters. The highest BCUT2D eigenvalue weighted by atomic mass is 32.2. The molecule has 2 aromatic rings. The van der Waals surface area contributed by atoms with Gasteiger partial charge in [-0.3, -0.25) is 9.78 Å². The minimum Gasteiger partial charge on any atom is -0.395 e. The number of aliphatic hydroxyl groups is 1. The number of carbonyl (C=O) groups is 1. The lowest BCUT2D eigenvalue weighted by molar-refractivity contribution is -0.141. The van der Waals surface area contributed by atoms with Crippen molar-refractivity contribution < 1.29 is 31.5 Å². The molecule has 11 heteroatoms. The number of sulfonamides is 1. The van der Waals surface area contributed by atoms with Crippen LogP contribution in [0.1, 0.15) is 17.2 Å². The molecule has 3 heterocycles. The van der Waals surface area contributed by atoms with Crippen LogP contribution in [0.2, 0.25) is 0 Å². The maximum atomic E-state index is 12.9. The Balaban J connectivity index is 1.43. The van der Waals surface area contributed by atoms with E-state index in [1.54, 1.807) is 29.2 Å². The van der Waals surface area contributed by atoms with Crippen LogP contribution in [-0.2, 0) is 21.0 Å². The summed E-state index contributed by atoms with van der Waals surface area (Å²) in [5, 5.41) is 9.73. The van der Waals surface area contributed by atoms with Crippen molar-refractivity contribution in [2.75, 3.05) is 32.8 Å². The molecule has 32 heavy (non-hydrogen) atoms. The number of aromatic nitrogens is 1. The monoisotopic (exact) mass is 467 g/mol. The number of carbonyl (C=O) groups excluding carboxylic acids is 1. The van der Waals surface area contributed by atoms with E-state index in [4.69, 9.17) is 0 Å². The van der Waals surface area contributed by atoms with Crippen molar-refractivity contribution in [3.05, 3.63) is 71.1 Å².